The minimum absolute atomic E-state index is 0.113. The summed E-state index contributed by atoms with van der Waals surface area (Å²) in [7, 11) is 0. The summed E-state index contributed by atoms with van der Waals surface area (Å²) in [6, 6.07) is 0.311. The van der Waals surface area contributed by atoms with Crippen molar-refractivity contribution in [2.24, 2.45) is 4.99 Å². The van der Waals surface area contributed by atoms with E-state index in [1.54, 1.807) is 6.08 Å². The first kappa shape index (κ1) is 10.9. The molecule has 2 rings (SSSR count). The van der Waals surface area contributed by atoms with Gasteiger partial charge in [0, 0.05) is 12.1 Å². The van der Waals surface area contributed by atoms with Crippen LogP contribution in [-0.4, -0.2) is 17.7 Å². The van der Waals surface area contributed by atoms with Crippen LogP contribution in [0.25, 0.3) is 0 Å². The maximum Gasteiger partial charge on any atom is 0.270 e. The van der Waals surface area contributed by atoms with Crippen LogP contribution in [0.3, 0.4) is 0 Å². The number of ether oxygens (including phenoxy) is 1. The largest absolute Gasteiger partial charge is 0.471 e. The van der Waals surface area contributed by atoms with Crippen LogP contribution < -0.4 is 5.32 Å². The van der Waals surface area contributed by atoms with Crippen molar-refractivity contribution < 1.29 is 9.53 Å². The van der Waals surface area contributed by atoms with E-state index in [1.807, 2.05) is 0 Å². The zero-order valence-electron chi connectivity index (χ0n) is 9.19. The van der Waals surface area contributed by atoms with Crippen LogP contribution in [0.4, 0.5) is 0 Å². The van der Waals surface area contributed by atoms with Crippen LogP contribution in [0.15, 0.2) is 29.8 Å². The van der Waals surface area contributed by atoms with Crippen LogP contribution in [0.5, 0.6) is 0 Å². The summed E-state index contributed by atoms with van der Waals surface area (Å²) in [5.74, 6) is -0.113. The number of carbonyl (C=O) groups excluding carboxylic acids is 1. The van der Waals surface area contributed by atoms with Crippen molar-refractivity contribution in [3.63, 3.8) is 0 Å². The molecule has 1 heterocycles. The van der Waals surface area contributed by atoms with Crippen molar-refractivity contribution in [2.75, 3.05) is 0 Å². The smallest absolute Gasteiger partial charge is 0.270 e. The topological polar surface area (TPSA) is 50.7 Å². The van der Waals surface area contributed by atoms with Gasteiger partial charge in [-0.2, -0.15) is 0 Å². The van der Waals surface area contributed by atoms with Gasteiger partial charge in [0.25, 0.3) is 5.91 Å². The lowest BCUT2D eigenvalue weighted by molar-refractivity contribution is -0.115. The summed E-state index contributed by atoms with van der Waals surface area (Å²) in [6.07, 6.45) is 11.8. The standard InChI is InChI=1S/C12H16N2O2/c15-12(11-6-8-16-9-7-13-11)14-10-4-2-1-3-5-10/h6-10H,1-5H2,(H,14,15). The zero-order valence-corrected chi connectivity index (χ0v) is 9.19. The van der Waals surface area contributed by atoms with E-state index in [0.29, 0.717) is 11.8 Å². The molecule has 2 aliphatic rings. The van der Waals surface area contributed by atoms with Crippen LogP contribution in [0, 0.1) is 0 Å². The van der Waals surface area contributed by atoms with Gasteiger partial charge >= 0.3 is 0 Å². The van der Waals surface area contributed by atoms with Crippen LogP contribution in [0.1, 0.15) is 32.1 Å². The van der Waals surface area contributed by atoms with E-state index in [0.717, 1.165) is 12.8 Å². The van der Waals surface area contributed by atoms with Gasteiger partial charge in [-0.1, -0.05) is 19.3 Å². The number of hydrogen-bond donors (Lipinski definition) is 1. The van der Waals surface area contributed by atoms with Crippen LogP contribution in [-0.2, 0) is 9.53 Å². The summed E-state index contributed by atoms with van der Waals surface area (Å²) in [5, 5.41) is 3.01. The molecular formula is C12H16N2O2. The molecule has 1 saturated carbocycles. The summed E-state index contributed by atoms with van der Waals surface area (Å²) in [4.78, 5) is 15.8. The van der Waals surface area contributed by atoms with E-state index in [2.05, 4.69) is 10.3 Å². The summed E-state index contributed by atoms with van der Waals surface area (Å²) < 4.78 is 4.91. The monoisotopic (exact) mass is 220 g/mol. The minimum atomic E-state index is -0.113. The third-order valence-corrected chi connectivity index (χ3v) is 2.83. The van der Waals surface area contributed by atoms with E-state index >= 15 is 0 Å². The molecule has 0 aromatic rings. The Hall–Kier alpha value is -1.58. The first-order valence-electron chi connectivity index (χ1n) is 5.72. The van der Waals surface area contributed by atoms with E-state index < -0.39 is 0 Å². The first-order valence-corrected chi connectivity index (χ1v) is 5.72. The average molecular weight is 220 g/mol. The van der Waals surface area contributed by atoms with Crippen molar-refractivity contribution in [3.05, 3.63) is 24.8 Å². The van der Waals surface area contributed by atoms with Gasteiger partial charge in [0.2, 0.25) is 0 Å². The summed E-state index contributed by atoms with van der Waals surface area (Å²) >= 11 is 0. The van der Waals surface area contributed by atoms with E-state index in [-0.39, 0.29) is 5.91 Å². The lowest BCUT2D eigenvalue weighted by atomic mass is 9.95. The van der Waals surface area contributed by atoms with E-state index in [9.17, 15) is 4.79 Å². The minimum Gasteiger partial charge on any atom is -0.471 e. The highest BCUT2D eigenvalue weighted by molar-refractivity contribution is 6.43. The Balaban J connectivity index is 1.91. The van der Waals surface area contributed by atoms with Crippen molar-refractivity contribution in [1.82, 2.24) is 5.32 Å². The van der Waals surface area contributed by atoms with Gasteiger partial charge in [-0.25, -0.2) is 4.99 Å². The molecule has 0 radical (unpaired) electrons. The van der Waals surface area contributed by atoms with Crippen molar-refractivity contribution in [2.45, 2.75) is 38.1 Å². The quantitative estimate of drug-likeness (QED) is 0.772. The summed E-state index contributed by atoms with van der Waals surface area (Å²) in [6.45, 7) is 0. The van der Waals surface area contributed by atoms with Crippen molar-refractivity contribution in [1.29, 1.82) is 0 Å². The number of amides is 1. The molecule has 0 aromatic carbocycles. The lowest BCUT2D eigenvalue weighted by Crippen LogP contribution is -2.39. The maximum absolute atomic E-state index is 11.8. The Morgan fingerprint density at radius 1 is 1.31 bits per heavy atom. The molecule has 0 spiro atoms. The van der Waals surface area contributed by atoms with E-state index in [1.165, 1.54) is 38.0 Å². The fourth-order valence-corrected chi connectivity index (χ4v) is 1.98. The third-order valence-electron chi connectivity index (χ3n) is 2.83. The normalized spacial score (nSPS) is 20.9. The molecule has 0 bridgehead atoms. The molecule has 0 aromatic heterocycles. The van der Waals surface area contributed by atoms with Gasteiger partial charge in [-0.15, -0.1) is 0 Å². The second-order valence-corrected chi connectivity index (χ2v) is 4.05. The number of hydrogen-bond acceptors (Lipinski definition) is 3. The summed E-state index contributed by atoms with van der Waals surface area (Å²) in [5.41, 5.74) is 0.402. The second-order valence-electron chi connectivity index (χ2n) is 4.05. The molecule has 1 amide bonds. The fraction of sp³-hybridized carbons (Fsp3) is 0.500. The Labute approximate surface area is 95.1 Å². The van der Waals surface area contributed by atoms with Gasteiger partial charge in [-0.3, -0.25) is 4.79 Å². The van der Waals surface area contributed by atoms with Gasteiger partial charge in [0.1, 0.15) is 12.0 Å². The van der Waals surface area contributed by atoms with Gasteiger partial charge in [-0.05, 0) is 12.8 Å². The molecule has 86 valence electrons. The highest BCUT2D eigenvalue weighted by atomic mass is 16.5. The Bertz CT molecular complexity index is 339. The molecule has 1 aliphatic carbocycles. The molecule has 16 heavy (non-hydrogen) atoms. The predicted molar refractivity (Wildman–Crippen MR) is 61.8 cm³/mol. The highest BCUT2D eigenvalue weighted by Gasteiger charge is 2.17. The highest BCUT2D eigenvalue weighted by Crippen LogP contribution is 2.17. The Kier molecular flexibility index (Phi) is 3.75. The van der Waals surface area contributed by atoms with Crippen molar-refractivity contribution >= 4 is 11.6 Å². The number of nitrogens with one attached hydrogen (secondary N) is 1. The van der Waals surface area contributed by atoms with Gasteiger partial charge < -0.3 is 10.1 Å². The Morgan fingerprint density at radius 2 is 2.12 bits per heavy atom. The number of rotatable bonds is 2. The SMILES string of the molecule is O=C(NC1CCCCC1)C1=NC=COC=C1. The predicted octanol–water partition coefficient (Wildman–Crippen LogP) is 1.89. The van der Waals surface area contributed by atoms with Gasteiger partial charge in [0.15, 0.2) is 0 Å². The molecule has 1 aliphatic heterocycles. The third kappa shape index (κ3) is 2.95. The molecule has 0 atom stereocenters. The average Bonchev–Trinajstić information content (AvgIpc) is 2.59. The molecule has 0 unspecified atom stereocenters. The lowest BCUT2D eigenvalue weighted by Gasteiger charge is -2.22. The maximum atomic E-state index is 11.8. The molecule has 1 fully saturated rings. The Morgan fingerprint density at radius 3 is 2.94 bits per heavy atom. The molecular weight excluding hydrogens is 204 g/mol. The first-order chi connectivity index (χ1) is 7.86. The molecule has 0 saturated heterocycles. The fourth-order valence-electron chi connectivity index (χ4n) is 1.98. The molecule has 4 nitrogen and oxygen atoms in total. The van der Waals surface area contributed by atoms with E-state index in [4.69, 9.17) is 4.74 Å². The van der Waals surface area contributed by atoms with Crippen molar-refractivity contribution in [3.8, 4) is 0 Å². The number of carbonyl (C=O) groups is 1. The van der Waals surface area contributed by atoms with Gasteiger partial charge in [0.05, 0.1) is 12.5 Å². The number of nitrogens with zero attached hydrogens (tertiary/aromatic N) is 1. The molecule has 1 N–H and O–H groups in total. The zero-order chi connectivity index (χ0) is 11.2. The molecule has 4 heteroatoms. The second kappa shape index (κ2) is 5.49. The number of aliphatic imine (C=N–C) groups is 1. The van der Waals surface area contributed by atoms with Crippen LogP contribution >= 0.6 is 0 Å². The van der Waals surface area contributed by atoms with Crippen LogP contribution in [0.2, 0.25) is 0 Å².